The topological polar surface area (TPSA) is 73.7 Å². The summed E-state index contributed by atoms with van der Waals surface area (Å²) in [7, 11) is 2.70. The van der Waals surface area contributed by atoms with Crippen LogP contribution in [0.5, 0.6) is 0 Å². The Balaban J connectivity index is 0.000000317. The van der Waals surface area contributed by atoms with Crippen molar-refractivity contribution in [2.45, 2.75) is 40.0 Å². The van der Waals surface area contributed by atoms with Gasteiger partial charge in [0.05, 0.1) is 27.8 Å². The summed E-state index contributed by atoms with van der Waals surface area (Å²) in [6, 6.07) is 7.82. The molecule has 0 atom stereocenters. The number of para-hydroxylation sites is 1. The van der Waals surface area contributed by atoms with Crippen LogP contribution in [0.2, 0.25) is 5.02 Å². The van der Waals surface area contributed by atoms with Crippen LogP contribution in [0.25, 0.3) is 11.3 Å². The second-order valence-corrected chi connectivity index (χ2v) is 10.8. The first-order valence-corrected chi connectivity index (χ1v) is 14.2. The largest absolute Gasteiger partial charge is 0.459 e. The zero-order chi connectivity index (χ0) is 31.9. The van der Waals surface area contributed by atoms with E-state index in [4.69, 9.17) is 32.7 Å². The van der Waals surface area contributed by atoms with Gasteiger partial charge in [-0.3, -0.25) is 9.48 Å². The summed E-state index contributed by atoms with van der Waals surface area (Å²) in [6.07, 6.45) is -5.14. The van der Waals surface area contributed by atoms with Crippen molar-refractivity contribution in [3.63, 3.8) is 0 Å². The number of aryl methyl sites for hydroxylation is 3. The quantitative estimate of drug-likeness (QED) is 0.137. The lowest BCUT2D eigenvalue weighted by Crippen LogP contribution is -2.35. The first-order valence-electron chi connectivity index (χ1n) is 12.5. The predicted octanol–water partition coefficient (Wildman–Crippen LogP) is 7.75. The molecule has 0 fully saturated rings. The van der Waals surface area contributed by atoms with E-state index in [9.17, 15) is 27.2 Å². The lowest BCUT2D eigenvalue weighted by atomic mass is 10.1. The molecule has 3 aromatic rings. The number of hydrogen-bond donors (Lipinski definition) is 0. The Bertz CT molecular complexity index is 1410. The van der Waals surface area contributed by atoms with Gasteiger partial charge in [-0.2, -0.15) is 18.3 Å². The molecule has 0 aliphatic carbocycles. The minimum atomic E-state index is -4.69. The summed E-state index contributed by atoms with van der Waals surface area (Å²) in [5, 5.41) is 3.50. The molecule has 14 heteroatoms. The fraction of sp³-hybridized carbons (Fsp3) is 0.393. The normalized spacial score (nSPS) is 11.3. The van der Waals surface area contributed by atoms with Gasteiger partial charge < -0.3 is 14.4 Å². The maximum atomic E-state index is 14.3. The van der Waals surface area contributed by atoms with E-state index in [0.717, 1.165) is 36.0 Å². The van der Waals surface area contributed by atoms with Crippen LogP contribution in [-0.2, 0) is 27.5 Å². The fourth-order valence-corrected chi connectivity index (χ4v) is 5.14. The second-order valence-electron chi connectivity index (χ2n) is 9.31. The highest BCUT2D eigenvalue weighted by atomic mass is 79.9. The summed E-state index contributed by atoms with van der Waals surface area (Å²) in [5.41, 5.74) is 1.22. The number of nitrogens with zero attached hydrogens (tertiary/aromatic N) is 3. The maximum absolute atomic E-state index is 14.3. The van der Waals surface area contributed by atoms with Crippen molar-refractivity contribution in [3.8, 4) is 11.3 Å². The molecule has 0 N–H and O–H groups in total. The van der Waals surface area contributed by atoms with Gasteiger partial charge in [-0.05, 0) is 66.9 Å². The lowest BCUT2D eigenvalue weighted by Gasteiger charge is -2.25. The third-order valence-corrected chi connectivity index (χ3v) is 7.07. The van der Waals surface area contributed by atoms with Gasteiger partial charge in [-0.1, -0.05) is 29.8 Å². The number of carbonyl (C=O) groups excluding carboxylic acids is 2. The summed E-state index contributed by atoms with van der Waals surface area (Å²) >= 11 is 14.3. The van der Waals surface area contributed by atoms with Gasteiger partial charge in [0.1, 0.15) is 17.4 Å². The Labute approximate surface area is 259 Å². The number of carbonyl (C=O) groups is 2. The van der Waals surface area contributed by atoms with Crippen molar-refractivity contribution in [1.29, 1.82) is 0 Å². The van der Waals surface area contributed by atoms with Crippen LogP contribution in [0.15, 0.2) is 34.8 Å². The Kier molecular flexibility index (Phi) is 12.8. The number of alkyl halides is 4. The molecular weight excluding hydrogens is 669 g/mol. The predicted molar refractivity (Wildman–Crippen MR) is 158 cm³/mol. The van der Waals surface area contributed by atoms with E-state index in [0.29, 0.717) is 17.8 Å². The summed E-state index contributed by atoms with van der Waals surface area (Å²) in [6.45, 7) is 8.22. The minimum absolute atomic E-state index is 0.0164. The molecular formula is C28H30BrCl2F4N3O4. The number of anilines is 1. The highest BCUT2D eigenvalue weighted by molar-refractivity contribution is 9.10. The van der Waals surface area contributed by atoms with E-state index in [-0.39, 0.29) is 33.6 Å². The molecule has 0 saturated carbocycles. The number of hydrogen-bond acceptors (Lipinski definition) is 5. The highest BCUT2D eigenvalue weighted by Gasteiger charge is 2.39. The molecule has 0 spiro atoms. The molecule has 1 amide bonds. The van der Waals surface area contributed by atoms with E-state index < -0.39 is 34.2 Å². The van der Waals surface area contributed by atoms with Crippen molar-refractivity contribution < 1.29 is 36.6 Å². The Morgan fingerprint density at radius 3 is 2.24 bits per heavy atom. The Morgan fingerprint density at radius 1 is 1.17 bits per heavy atom. The third-order valence-electron chi connectivity index (χ3n) is 5.78. The zero-order valence-electron chi connectivity index (χ0n) is 23.7. The maximum Gasteiger partial charge on any atom is 0.434 e. The molecule has 2 aromatic carbocycles. The monoisotopic (exact) mass is 697 g/mol. The molecule has 7 nitrogen and oxygen atoms in total. The molecule has 0 radical (unpaired) electrons. The fourth-order valence-electron chi connectivity index (χ4n) is 3.99. The molecule has 0 aliphatic rings. The summed E-state index contributed by atoms with van der Waals surface area (Å²) in [4.78, 5) is 25.6. The number of methoxy groups -OCH3 is 1. The smallest absolute Gasteiger partial charge is 0.434 e. The number of benzene rings is 2. The van der Waals surface area contributed by atoms with Gasteiger partial charge in [-0.25, -0.2) is 9.18 Å². The van der Waals surface area contributed by atoms with Crippen molar-refractivity contribution in [2.24, 2.45) is 7.05 Å². The van der Waals surface area contributed by atoms with Crippen molar-refractivity contribution in [3.05, 3.63) is 68.0 Å². The van der Waals surface area contributed by atoms with Gasteiger partial charge in [0.2, 0.25) is 5.91 Å². The van der Waals surface area contributed by atoms with Gasteiger partial charge in [0, 0.05) is 32.0 Å². The van der Waals surface area contributed by atoms with Crippen molar-refractivity contribution in [2.75, 3.05) is 31.0 Å². The van der Waals surface area contributed by atoms with E-state index in [1.54, 1.807) is 25.9 Å². The average molecular weight is 699 g/mol. The van der Waals surface area contributed by atoms with Crippen LogP contribution in [0.4, 0.5) is 23.2 Å². The van der Waals surface area contributed by atoms with Crippen LogP contribution in [0.3, 0.4) is 0 Å². The molecule has 0 saturated heterocycles. The van der Waals surface area contributed by atoms with E-state index in [1.165, 1.54) is 0 Å². The zero-order valence-corrected chi connectivity index (χ0v) is 26.8. The molecule has 0 unspecified atom stereocenters. The van der Waals surface area contributed by atoms with Crippen LogP contribution >= 0.6 is 39.1 Å². The summed E-state index contributed by atoms with van der Waals surface area (Å²) < 4.78 is 63.7. The van der Waals surface area contributed by atoms with Gasteiger partial charge in [0.15, 0.2) is 5.69 Å². The van der Waals surface area contributed by atoms with Crippen LogP contribution < -0.4 is 4.90 Å². The lowest BCUT2D eigenvalue weighted by molar-refractivity contribution is -0.144. The van der Waals surface area contributed by atoms with Crippen LogP contribution in [-0.4, -0.2) is 53.9 Å². The number of aromatic nitrogens is 2. The average Bonchev–Trinajstić information content (AvgIpc) is 3.19. The van der Waals surface area contributed by atoms with Crippen LogP contribution in [0, 0.1) is 19.7 Å². The molecule has 42 heavy (non-hydrogen) atoms. The molecule has 230 valence electrons. The van der Waals surface area contributed by atoms with E-state index in [2.05, 4.69) is 21.0 Å². The van der Waals surface area contributed by atoms with Crippen molar-refractivity contribution in [1.82, 2.24) is 9.78 Å². The second kappa shape index (κ2) is 15.2. The SMILES string of the molecule is CC(C)OC(=O)c1cc(-c2nn(C)c(C(F)(F)F)c2Br)c(F)cc1Cl.COCCN(C(=O)CCl)c1c(C)cccc1C. The molecule has 0 aliphatic heterocycles. The first-order chi connectivity index (χ1) is 19.5. The molecule has 1 aromatic heterocycles. The van der Waals surface area contributed by atoms with Gasteiger partial charge >= 0.3 is 12.1 Å². The number of amides is 1. The number of esters is 1. The van der Waals surface area contributed by atoms with Crippen LogP contribution in [0.1, 0.15) is 41.0 Å². The van der Waals surface area contributed by atoms with E-state index in [1.807, 2.05) is 32.0 Å². The number of halogens is 7. The Hall–Kier alpha value is -2.67. The van der Waals surface area contributed by atoms with Crippen molar-refractivity contribution >= 4 is 56.7 Å². The Morgan fingerprint density at radius 2 is 1.76 bits per heavy atom. The number of rotatable bonds is 8. The number of ether oxygens (including phenoxy) is 2. The van der Waals surface area contributed by atoms with E-state index >= 15 is 0 Å². The molecule has 3 rings (SSSR count). The first kappa shape index (κ1) is 35.5. The van der Waals surface area contributed by atoms with Gasteiger partial charge in [-0.15, -0.1) is 11.6 Å². The third kappa shape index (κ3) is 8.68. The standard InChI is InChI=1S/C15H12BrClF4N2O2.C13H18ClNO2/c1-6(2)25-14(24)7-4-8(10(18)5-9(7)17)12-11(16)13(15(19,20)21)23(3)22-12;1-10-5-4-6-11(2)13(10)15(7-8-17-3)12(16)9-14/h4-6H,1-3H3;4-6H,7-9H2,1-3H3. The molecule has 1 heterocycles. The highest BCUT2D eigenvalue weighted by Crippen LogP contribution is 2.41. The molecule has 0 bridgehead atoms. The van der Waals surface area contributed by atoms with Gasteiger partial charge in [0.25, 0.3) is 0 Å². The summed E-state index contributed by atoms with van der Waals surface area (Å²) in [5.74, 6) is -1.85. The minimum Gasteiger partial charge on any atom is -0.459 e.